The van der Waals surface area contributed by atoms with E-state index in [1.54, 1.807) is 0 Å². The first-order chi connectivity index (χ1) is 37.4. The van der Waals surface area contributed by atoms with Gasteiger partial charge >= 0.3 is 0 Å². The number of fused-ring (bicyclic) bond motifs is 14. The Morgan fingerprint density at radius 2 is 0.697 bits per heavy atom. The Morgan fingerprint density at radius 1 is 0.329 bits per heavy atom. The molecule has 0 bridgehead atoms. The lowest BCUT2D eigenvalue weighted by atomic mass is 9.61. The Morgan fingerprint density at radius 3 is 1.18 bits per heavy atom. The van der Waals surface area contributed by atoms with Gasteiger partial charge in [-0.25, -0.2) is 0 Å². The highest BCUT2D eigenvalue weighted by Gasteiger charge is 2.49. The summed E-state index contributed by atoms with van der Waals surface area (Å²) < 4.78 is 0. The molecule has 76 heavy (non-hydrogen) atoms. The molecule has 12 rings (SSSR count). The number of nitrogens with zero attached hydrogens (tertiary/aromatic N) is 1. The van der Waals surface area contributed by atoms with Crippen LogP contribution in [0.5, 0.6) is 0 Å². The maximum absolute atomic E-state index is 2.61. The molecule has 0 amide bonds. The first-order valence-corrected chi connectivity index (χ1v) is 29.9. The summed E-state index contributed by atoms with van der Waals surface area (Å²) in [6.45, 7) is 41.8. The zero-order valence-corrected chi connectivity index (χ0v) is 51.0. The maximum atomic E-state index is 2.61. The lowest BCUT2D eigenvalue weighted by molar-refractivity contribution is 0.271. The van der Waals surface area contributed by atoms with Crippen molar-refractivity contribution in [3.05, 3.63) is 260 Å². The second kappa shape index (κ2) is 32.3. The Hall–Kier alpha value is -6.28. The number of rotatable bonds is 5. The molecule has 0 heterocycles. The van der Waals surface area contributed by atoms with E-state index in [-0.39, 0.29) is 10.8 Å². The molecule has 0 unspecified atom stereocenters. The lowest BCUT2D eigenvalue weighted by Crippen LogP contribution is -2.34. The highest BCUT2D eigenvalue weighted by molar-refractivity contribution is 5.88. The van der Waals surface area contributed by atoms with Crippen LogP contribution in [-0.4, -0.2) is 11.4 Å². The van der Waals surface area contributed by atoms with Crippen molar-refractivity contribution in [3.8, 4) is 22.3 Å². The second-order valence-electron chi connectivity index (χ2n) is 17.9. The molecule has 0 saturated heterocycles. The van der Waals surface area contributed by atoms with Gasteiger partial charge in [0.15, 0.2) is 0 Å². The van der Waals surface area contributed by atoms with Crippen LogP contribution in [0.15, 0.2) is 182 Å². The Labute approximate surface area is 465 Å². The van der Waals surface area contributed by atoms with E-state index >= 15 is 0 Å². The summed E-state index contributed by atoms with van der Waals surface area (Å²) >= 11 is 0. The molecule has 4 aliphatic rings. The van der Waals surface area contributed by atoms with Crippen molar-refractivity contribution in [3.63, 3.8) is 0 Å². The van der Waals surface area contributed by atoms with E-state index < -0.39 is 0 Å². The fourth-order valence-corrected chi connectivity index (χ4v) is 11.5. The van der Waals surface area contributed by atoms with Gasteiger partial charge in [0.2, 0.25) is 0 Å². The van der Waals surface area contributed by atoms with Gasteiger partial charge in [0.05, 0.1) is 5.41 Å². The van der Waals surface area contributed by atoms with Crippen molar-refractivity contribution in [2.45, 2.75) is 175 Å². The van der Waals surface area contributed by atoms with E-state index in [0.29, 0.717) is 0 Å². The van der Waals surface area contributed by atoms with Gasteiger partial charge in [-0.15, -0.1) is 0 Å². The smallest absolute Gasteiger partial charge is 0.0719 e. The van der Waals surface area contributed by atoms with Crippen molar-refractivity contribution in [1.29, 1.82) is 0 Å². The van der Waals surface area contributed by atoms with Crippen LogP contribution in [0.4, 0.5) is 0 Å². The van der Waals surface area contributed by atoms with E-state index in [1.165, 1.54) is 100 Å². The molecule has 0 radical (unpaired) electrons. The number of hydrogen-bond acceptors (Lipinski definition) is 1. The van der Waals surface area contributed by atoms with Crippen LogP contribution in [0.1, 0.15) is 209 Å². The summed E-state index contributed by atoms with van der Waals surface area (Å²) in [6.07, 6.45) is 3.10. The highest BCUT2D eigenvalue weighted by Crippen LogP contribution is 2.59. The first-order valence-electron chi connectivity index (χ1n) is 29.9. The summed E-state index contributed by atoms with van der Waals surface area (Å²) in [7, 11) is 0. The summed E-state index contributed by atoms with van der Waals surface area (Å²) in [5, 5.41) is 0. The van der Waals surface area contributed by atoms with Crippen LogP contribution in [0, 0.1) is 0 Å². The van der Waals surface area contributed by atoms with Crippen LogP contribution in [-0.2, 0) is 43.2 Å². The minimum absolute atomic E-state index is 0.144. The Bertz CT molecular complexity index is 2850. The van der Waals surface area contributed by atoms with Crippen molar-refractivity contribution >= 4 is 0 Å². The molecule has 404 valence electrons. The molecule has 0 aliphatic heterocycles. The molecular weight excluding hydrogens is 915 g/mol. The van der Waals surface area contributed by atoms with Crippen molar-refractivity contribution in [1.82, 2.24) is 4.90 Å². The predicted molar refractivity (Wildman–Crippen MR) is 340 cm³/mol. The minimum Gasteiger partial charge on any atom is -0.295 e. The van der Waals surface area contributed by atoms with Crippen LogP contribution < -0.4 is 0 Å². The lowest BCUT2D eigenvalue weighted by Gasteiger charge is -2.40. The molecule has 1 nitrogen and oxygen atoms in total. The molecule has 8 aromatic rings. The molecule has 1 heteroatoms. The molecular formula is C75H99N. The van der Waals surface area contributed by atoms with Crippen LogP contribution in [0.2, 0.25) is 0 Å². The predicted octanol–water partition coefficient (Wildman–Crippen LogP) is 21.7. The second-order valence-corrected chi connectivity index (χ2v) is 17.9. The minimum atomic E-state index is -0.297. The quantitative estimate of drug-likeness (QED) is 0.166. The zero-order valence-electron chi connectivity index (χ0n) is 51.0. The van der Waals surface area contributed by atoms with Gasteiger partial charge < -0.3 is 0 Å². The molecule has 1 spiro atoms. The third kappa shape index (κ3) is 12.9. The number of hydrogen-bond donors (Lipinski definition) is 0. The highest BCUT2D eigenvalue weighted by atomic mass is 15.1. The topological polar surface area (TPSA) is 3.24 Å². The maximum Gasteiger partial charge on any atom is 0.0719 e. The van der Waals surface area contributed by atoms with Gasteiger partial charge in [-0.1, -0.05) is 314 Å². The Balaban J connectivity index is 0.000000396. The van der Waals surface area contributed by atoms with E-state index in [9.17, 15) is 0 Å². The largest absolute Gasteiger partial charge is 0.295 e. The van der Waals surface area contributed by atoms with E-state index in [4.69, 9.17) is 0 Å². The average Bonchev–Trinajstić information content (AvgIpc) is 4.16. The van der Waals surface area contributed by atoms with Crippen LogP contribution in [0.25, 0.3) is 22.3 Å². The van der Waals surface area contributed by atoms with E-state index in [0.717, 1.165) is 38.9 Å². The summed E-state index contributed by atoms with van der Waals surface area (Å²) in [6, 6.07) is 68.2. The monoisotopic (exact) mass is 1010 g/mol. The van der Waals surface area contributed by atoms with Gasteiger partial charge in [-0.2, -0.15) is 0 Å². The SMILES string of the molecule is CC.CC.CC.CC.CC.CC.CC.CC.CC1(C)c2ccccc2Cc2ccccc21.CCN(Cc1ccc2c(c1)C1(c3ccccc3C2)c2ccccc2-c2ccccc21)Cc1cccc2c1-c1ccccc1C2. The van der Waals surface area contributed by atoms with Crippen molar-refractivity contribution in [2.75, 3.05) is 6.54 Å². The van der Waals surface area contributed by atoms with Gasteiger partial charge in [0, 0.05) is 18.5 Å². The van der Waals surface area contributed by atoms with Gasteiger partial charge in [0.25, 0.3) is 0 Å². The van der Waals surface area contributed by atoms with E-state index in [1.807, 2.05) is 111 Å². The summed E-state index contributed by atoms with van der Waals surface area (Å²) in [4.78, 5) is 2.61. The molecule has 0 fully saturated rings. The molecule has 0 saturated carbocycles. The van der Waals surface area contributed by atoms with Gasteiger partial charge in [-0.05, 0) is 126 Å². The molecule has 8 aromatic carbocycles. The zero-order chi connectivity index (χ0) is 56.4. The molecule has 4 aliphatic carbocycles. The van der Waals surface area contributed by atoms with Gasteiger partial charge in [-0.3, -0.25) is 4.90 Å². The van der Waals surface area contributed by atoms with E-state index in [2.05, 4.69) is 208 Å². The molecule has 0 atom stereocenters. The third-order valence-electron chi connectivity index (χ3n) is 14.2. The molecule has 0 aromatic heterocycles. The number of benzene rings is 8. The summed E-state index contributed by atoms with van der Waals surface area (Å²) in [5.74, 6) is 0. The third-order valence-corrected chi connectivity index (χ3v) is 14.2. The fraction of sp³-hybridized carbons (Fsp3) is 0.360. The van der Waals surface area contributed by atoms with Crippen LogP contribution in [0.3, 0.4) is 0 Å². The van der Waals surface area contributed by atoms with Crippen molar-refractivity contribution in [2.24, 2.45) is 0 Å². The van der Waals surface area contributed by atoms with Crippen molar-refractivity contribution < 1.29 is 0 Å². The standard InChI is InChI=1S/C43H35N.C16H16.8C2H6/c1-2-44(28-34-15-11-14-33-25-30-12-3-5-16-35(30)42(33)34)27-29-22-23-32-26-31-13-4-8-19-38(31)43(41(32)24-29)39-20-9-6-17-36(39)37-18-7-10-21-40(37)43;1-16(2)14-9-5-3-7-12(14)11-13-8-4-6-10-15(13)16;8*1-2/h3-24H,2,25-28H2,1H3;3-10H,11H2,1-2H3;8*1-2H3. The first kappa shape index (κ1) is 64.0. The average molecular weight is 1010 g/mol. The Kier molecular flexibility index (Phi) is 27.2. The van der Waals surface area contributed by atoms with Gasteiger partial charge in [0.1, 0.15) is 0 Å². The normalized spacial score (nSPS) is 12.5. The molecule has 0 N–H and O–H groups in total. The fourth-order valence-electron chi connectivity index (χ4n) is 11.5. The summed E-state index contributed by atoms with van der Waals surface area (Å²) in [5.41, 5.74) is 25.7. The van der Waals surface area contributed by atoms with Crippen LogP contribution >= 0.6 is 0 Å².